The standard InChI is InChI=1S/C31H28F6N4O2.C20H16F3N3O.C10H13F3N2O2.C9H18O5S.C8H16O3.C4H3F3N2/c1-17(2)10-26(41-9-7-28(40-41)31(35,36)37)27(42)15-20(11-18-12-21(32)16-22(33)13-18)29-23(4-3-8-39-29)19-5-6-25(34)24(14-19)30(38)43;21-13-6-11(7-14(22)10-13)8-18(24)19-15(2-1-5-26-19)12-3-4-17(23)16(9-12)20(25)27;1-6(2)5-7(9(16)17)15-4-3-8(14-15)10(11,12)13;1-5-13-9(10)8(6-7(2)3)14-15(4,11)12;1-4-11-8(10)7(9)5-6(2)3;5-4(6,7)3-1-2-8-9-3/h3-9,12-14,16-17,20,26H,10-11,15H2,1-2H3,(H2,38,43);1-7,9-10,18H,8,24H2,(H2,25,27);3-4,6-7H,5H2,1-2H3,(H,16,17);7-8H,5-6H2,1-4H3;6-7,9H,4-5H2,1-3H3;1-2H,(H,8,9)/t20-,26?;18-;;;;/m10..../s1. The van der Waals surface area contributed by atoms with Crippen LogP contribution in [0.4, 0.5) is 65.9 Å². The van der Waals surface area contributed by atoms with Gasteiger partial charge in [-0.25, -0.2) is 40.7 Å². The van der Waals surface area contributed by atoms with Crippen molar-refractivity contribution in [1.82, 2.24) is 39.7 Å². The molecular weight excluding hydrogens is 1660 g/mol. The third kappa shape index (κ3) is 34.6. The average Bonchev–Trinajstić information content (AvgIpc) is 0.979. The van der Waals surface area contributed by atoms with E-state index in [0.717, 1.165) is 82.7 Å². The molecule has 9 rings (SSSR count). The van der Waals surface area contributed by atoms with Gasteiger partial charge in [-0.15, -0.1) is 0 Å². The lowest BCUT2D eigenvalue weighted by atomic mass is 9.84. The number of aliphatic carboxylic acids is 1. The minimum Gasteiger partial charge on any atom is -0.480 e. The summed E-state index contributed by atoms with van der Waals surface area (Å²) in [6.07, 6.45) is -7.46. The molecule has 9 N–H and O–H groups in total. The van der Waals surface area contributed by atoms with Crippen LogP contribution < -0.4 is 17.2 Å². The van der Waals surface area contributed by atoms with Gasteiger partial charge in [-0.3, -0.25) is 43.0 Å². The Morgan fingerprint density at radius 1 is 0.525 bits per heavy atom. The molecule has 0 spiro atoms. The summed E-state index contributed by atoms with van der Waals surface area (Å²) in [7, 11) is -3.63. The highest BCUT2D eigenvalue weighted by Crippen LogP contribution is 2.38. The van der Waals surface area contributed by atoms with Gasteiger partial charge in [0, 0.05) is 66.6 Å². The third-order valence-electron chi connectivity index (χ3n) is 16.8. The van der Waals surface area contributed by atoms with Crippen LogP contribution >= 0.6 is 0 Å². The molecule has 0 saturated heterocycles. The number of ketones is 1. The van der Waals surface area contributed by atoms with Crippen LogP contribution in [0.25, 0.3) is 22.3 Å². The van der Waals surface area contributed by atoms with Gasteiger partial charge in [-0.05, 0) is 177 Å². The first-order valence-corrected chi connectivity index (χ1v) is 39.3. The number of aromatic nitrogens is 8. The first-order chi connectivity index (χ1) is 56.7. The Morgan fingerprint density at radius 2 is 0.943 bits per heavy atom. The van der Waals surface area contributed by atoms with Gasteiger partial charge < -0.3 is 36.9 Å². The van der Waals surface area contributed by atoms with Crippen molar-refractivity contribution in [3.63, 3.8) is 0 Å². The molecule has 0 radical (unpaired) electrons. The van der Waals surface area contributed by atoms with Crippen LogP contribution in [-0.2, 0) is 74.3 Å². The maximum Gasteiger partial charge on any atom is 0.435 e. The number of esters is 2. The molecule has 24 nitrogen and oxygen atoms in total. The van der Waals surface area contributed by atoms with E-state index >= 15 is 0 Å². The van der Waals surface area contributed by atoms with Crippen LogP contribution in [-0.4, -0.2) is 126 Å². The van der Waals surface area contributed by atoms with E-state index < -0.39 is 152 Å². The molecule has 0 aliphatic heterocycles. The summed E-state index contributed by atoms with van der Waals surface area (Å²) < 4.78 is 232. The van der Waals surface area contributed by atoms with Crippen molar-refractivity contribution in [2.24, 2.45) is 40.9 Å². The normalized spacial score (nSPS) is 13.0. The van der Waals surface area contributed by atoms with Crippen molar-refractivity contribution >= 4 is 45.6 Å². The number of ether oxygens (including phenoxy) is 2. The number of pyridine rings is 2. The quantitative estimate of drug-likeness (QED) is 0.0138. The maximum absolute atomic E-state index is 14.2. The number of primary amides is 2. The van der Waals surface area contributed by atoms with Gasteiger partial charge in [0.05, 0.1) is 48.0 Å². The molecule has 0 fully saturated rings. The summed E-state index contributed by atoms with van der Waals surface area (Å²) in [4.78, 5) is 78.9. The van der Waals surface area contributed by atoms with Crippen LogP contribution in [0.3, 0.4) is 0 Å². The molecule has 122 heavy (non-hydrogen) atoms. The van der Waals surface area contributed by atoms with Crippen molar-refractivity contribution in [3.05, 3.63) is 232 Å². The minimum absolute atomic E-state index is 0.0506. The molecule has 5 heterocycles. The van der Waals surface area contributed by atoms with Crippen LogP contribution in [0, 0.1) is 58.6 Å². The maximum atomic E-state index is 14.2. The number of H-pyrrole nitrogens is 1. The number of aliphatic hydroxyl groups is 1. The number of rotatable bonds is 30. The van der Waals surface area contributed by atoms with Crippen LogP contribution in [0.15, 0.2) is 146 Å². The zero-order valence-corrected chi connectivity index (χ0v) is 68.6. The number of amides is 2. The molecule has 9 aromatic rings. The minimum atomic E-state index is -4.71. The van der Waals surface area contributed by atoms with Crippen molar-refractivity contribution in [1.29, 1.82) is 0 Å². The topological polar surface area (TPSA) is 373 Å². The number of alkyl halides is 9. The number of hydrogen-bond donors (Lipinski definition) is 6. The Bertz CT molecular complexity index is 4980. The Morgan fingerprint density at radius 3 is 1.32 bits per heavy atom. The summed E-state index contributed by atoms with van der Waals surface area (Å²) >= 11 is 0. The van der Waals surface area contributed by atoms with E-state index in [9.17, 15) is 103 Å². The Balaban J connectivity index is 0.000000338. The van der Waals surface area contributed by atoms with Crippen LogP contribution in [0.5, 0.6) is 0 Å². The smallest absolute Gasteiger partial charge is 0.435 e. The molecule has 5 aromatic heterocycles. The predicted octanol–water partition coefficient (Wildman–Crippen LogP) is 16.5. The highest BCUT2D eigenvalue weighted by molar-refractivity contribution is 7.86. The average molecular weight is 1760 g/mol. The monoisotopic (exact) mass is 1760 g/mol. The van der Waals surface area contributed by atoms with E-state index in [1.165, 1.54) is 48.8 Å². The fourth-order valence-corrected chi connectivity index (χ4v) is 12.2. The van der Waals surface area contributed by atoms with Crippen molar-refractivity contribution in [3.8, 4) is 22.3 Å². The molecule has 0 aliphatic rings. The number of Topliss-reactive ketones (excluding diaryl/α,β-unsaturated/α-hetero) is 1. The van der Waals surface area contributed by atoms with Gasteiger partial charge in [0.2, 0.25) is 0 Å². The second-order valence-electron chi connectivity index (χ2n) is 29.0. The molecule has 4 unspecified atom stereocenters. The lowest BCUT2D eigenvalue weighted by Crippen LogP contribution is -2.30. The Kier molecular flexibility index (Phi) is 39.8. The molecule has 0 aliphatic carbocycles. The number of nitrogens with two attached hydrogens (primary N) is 3. The lowest BCUT2D eigenvalue weighted by Gasteiger charge is -2.24. The van der Waals surface area contributed by atoms with Crippen LogP contribution in [0.1, 0.15) is 186 Å². The second-order valence-corrected chi connectivity index (χ2v) is 30.6. The van der Waals surface area contributed by atoms with Gasteiger partial charge in [0.15, 0.2) is 29.4 Å². The lowest BCUT2D eigenvalue weighted by molar-refractivity contribution is -0.154. The van der Waals surface area contributed by atoms with E-state index in [1.807, 2.05) is 41.5 Å². The number of carboxylic acids is 1. The first kappa shape index (κ1) is 103. The number of carboxylic acid groups (broad SMARTS) is 1. The zero-order chi connectivity index (χ0) is 92.1. The number of benzene rings is 4. The Hall–Kier alpha value is -11.4. The van der Waals surface area contributed by atoms with Crippen molar-refractivity contribution in [2.45, 2.75) is 169 Å². The van der Waals surface area contributed by atoms with E-state index in [4.69, 9.17) is 32.2 Å². The fraction of sp³-hybridized carbons (Fsp3) is 0.402. The number of carbonyl (C=O) groups is 6. The van der Waals surface area contributed by atoms with E-state index in [0.29, 0.717) is 70.6 Å². The molecule has 0 saturated carbocycles. The van der Waals surface area contributed by atoms with E-state index in [1.54, 1.807) is 57.1 Å². The number of aliphatic hydroxyl groups excluding tert-OH is 1. The van der Waals surface area contributed by atoms with Gasteiger partial charge in [0.25, 0.3) is 21.9 Å². The number of aromatic amines is 1. The molecule has 0 bridgehead atoms. The molecule has 40 heteroatoms. The highest BCUT2D eigenvalue weighted by Gasteiger charge is 2.38. The Labute approximate surface area is 692 Å². The molecular formula is C82H94F15N11O13S. The largest absolute Gasteiger partial charge is 0.480 e. The van der Waals surface area contributed by atoms with Gasteiger partial charge in [-0.2, -0.15) is 63.2 Å². The van der Waals surface area contributed by atoms with Crippen LogP contribution in [0.2, 0.25) is 0 Å². The number of nitrogens with zero attached hydrogens (tertiary/aromatic N) is 7. The van der Waals surface area contributed by atoms with E-state index in [2.05, 4.69) is 34.2 Å². The van der Waals surface area contributed by atoms with Gasteiger partial charge in [-0.1, -0.05) is 79.7 Å². The molecule has 666 valence electrons. The third-order valence-corrected chi connectivity index (χ3v) is 17.4. The summed E-state index contributed by atoms with van der Waals surface area (Å²) in [6, 6.07) is 20.0. The van der Waals surface area contributed by atoms with Gasteiger partial charge in [0.1, 0.15) is 52.7 Å². The summed E-state index contributed by atoms with van der Waals surface area (Å²) in [6.45, 7) is 18.8. The molecule has 4 aromatic carbocycles. The van der Waals surface area contributed by atoms with Gasteiger partial charge >= 0.3 is 36.4 Å². The number of halogens is 15. The molecule has 6 atom stereocenters. The SMILES string of the molecule is CC(C)CC(C(=O)C[C@@H](Cc1cc(F)cc(F)c1)c1ncccc1-c1ccc(F)c(C(N)=O)c1)n1ccc(C(F)(F)F)n1.CC(C)CC(C(=O)O)n1ccc(C(F)(F)F)n1.CCOC(=O)C(CC(C)C)OS(C)(=O)=O.CCOC(=O)C(O)CC(C)C.FC(F)(F)c1ccn[nH]1.NC(=O)c1cc(-c2cccnc2[C@@H](N)Cc2cc(F)cc(F)c2)ccc1F. The second kappa shape index (κ2) is 47.1. The zero-order valence-electron chi connectivity index (χ0n) is 67.8. The summed E-state index contributed by atoms with van der Waals surface area (Å²) in [5, 5.41) is 29.9. The summed E-state index contributed by atoms with van der Waals surface area (Å²) in [5.74, 6) is -9.71. The van der Waals surface area contributed by atoms with Crippen molar-refractivity contribution < 1.29 is 127 Å². The fourth-order valence-electron chi connectivity index (χ4n) is 11.6. The summed E-state index contributed by atoms with van der Waals surface area (Å²) in [5.41, 5.74) is 16.3. The van der Waals surface area contributed by atoms with E-state index in [-0.39, 0.29) is 73.2 Å². The predicted molar refractivity (Wildman–Crippen MR) is 416 cm³/mol. The van der Waals surface area contributed by atoms with Crippen molar-refractivity contribution in [2.75, 3.05) is 19.5 Å². The number of hydrogen-bond acceptors (Lipinski definition) is 18. The number of carbonyl (C=O) groups excluding carboxylic acids is 5. The number of nitrogens with one attached hydrogen (secondary N) is 1. The highest BCUT2D eigenvalue weighted by atomic mass is 32.2. The molecule has 2 amide bonds. The first-order valence-electron chi connectivity index (χ1n) is 37.4.